The first kappa shape index (κ1) is 14.4. The highest BCUT2D eigenvalue weighted by Gasteiger charge is 2.34. The van der Waals surface area contributed by atoms with E-state index < -0.39 is 23.8 Å². The van der Waals surface area contributed by atoms with Gasteiger partial charge in [-0.15, -0.1) is 6.58 Å². The number of carbonyl (C=O) groups is 2. The largest absolute Gasteiger partial charge is 0.468 e. The Morgan fingerprint density at radius 2 is 1.56 bits per heavy atom. The summed E-state index contributed by atoms with van der Waals surface area (Å²) in [4.78, 5) is 23.0. The van der Waals surface area contributed by atoms with Gasteiger partial charge in [-0.1, -0.05) is 17.7 Å². The molecule has 0 amide bonds. The van der Waals surface area contributed by atoms with Crippen LogP contribution in [0.4, 0.5) is 0 Å². The molecule has 0 aromatic rings. The number of esters is 2. The molecule has 16 heavy (non-hydrogen) atoms. The molecule has 0 aliphatic carbocycles. The summed E-state index contributed by atoms with van der Waals surface area (Å²) in [7, 11) is 2.47. The number of carbonyl (C=O) groups excluding carboxylic acids is 2. The van der Waals surface area contributed by atoms with Crippen molar-refractivity contribution in [3.8, 4) is 0 Å². The van der Waals surface area contributed by atoms with Crippen LogP contribution in [0.15, 0.2) is 24.3 Å². The summed E-state index contributed by atoms with van der Waals surface area (Å²) in [5.74, 6) is -2.63. The Morgan fingerprint density at radius 3 is 1.81 bits per heavy atom. The molecule has 1 atom stereocenters. The molecular formula is C12H18O4. The average molecular weight is 226 g/mol. The van der Waals surface area contributed by atoms with E-state index in [4.69, 9.17) is 0 Å². The van der Waals surface area contributed by atoms with Crippen LogP contribution in [0.25, 0.3) is 0 Å². The second-order valence-electron chi connectivity index (χ2n) is 3.58. The molecule has 0 bridgehead atoms. The van der Waals surface area contributed by atoms with Crippen LogP contribution in [0, 0.1) is 11.8 Å². The van der Waals surface area contributed by atoms with Crippen molar-refractivity contribution in [1.29, 1.82) is 0 Å². The summed E-state index contributed by atoms with van der Waals surface area (Å²) in [5.41, 5.74) is 0.989. The van der Waals surface area contributed by atoms with E-state index in [0.29, 0.717) is 0 Å². The van der Waals surface area contributed by atoms with Crippen molar-refractivity contribution in [1.82, 2.24) is 0 Å². The molecule has 0 aromatic carbocycles. The predicted octanol–water partition coefficient (Wildman–Crippen LogP) is 1.72. The highest BCUT2D eigenvalue weighted by molar-refractivity contribution is 5.95. The Morgan fingerprint density at radius 1 is 1.12 bits per heavy atom. The number of allylic oxidation sites excluding steroid dienone is 3. The predicted molar refractivity (Wildman–Crippen MR) is 60.6 cm³/mol. The zero-order chi connectivity index (χ0) is 12.7. The maximum Gasteiger partial charge on any atom is 0.320 e. The Bertz CT molecular complexity index is 284. The smallest absolute Gasteiger partial charge is 0.320 e. The van der Waals surface area contributed by atoms with Crippen molar-refractivity contribution in [3.05, 3.63) is 24.3 Å². The third-order valence-electron chi connectivity index (χ3n) is 2.09. The minimum Gasteiger partial charge on any atom is -0.468 e. The van der Waals surface area contributed by atoms with Gasteiger partial charge in [0.1, 0.15) is 0 Å². The standard InChI is InChI=1S/C12H18O4/c1-6-9(7-8(2)3)10(11(13)15-4)12(14)16-5/h6-7,9-10H,1H2,2-5H3/t9-/m1/s1. The van der Waals surface area contributed by atoms with Gasteiger partial charge < -0.3 is 9.47 Å². The lowest BCUT2D eigenvalue weighted by molar-refractivity contribution is -0.159. The number of hydrogen-bond donors (Lipinski definition) is 0. The zero-order valence-corrected chi connectivity index (χ0v) is 10.1. The molecule has 0 N–H and O–H groups in total. The number of ether oxygens (including phenoxy) is 2. The van der Waals surface area contributed by atoms with Gasteiger partial charge in [-0.2, -0.15) is 0 Å². The van der Waals surface area contributed by atoms with E-state index in [-0.39, 0.29) is 0 Å². The monoisotopic (exact) mass is 226 g/mol. The average Bonchev–Trinajstić information content (AvgIpc) is 2.26. The fraction of sp³-hybridized carbons (Fsp3) is 0.500. The second kappa shape index (κ2) is 6.82. The minimum atomic E-state index is -0.984. The summed E-state index contributed by atoms with van der Waals surface area (Å²) < 4.78 is 9.17. The molecular weight excluding hydrogens is 208 g/mol. The molecule has 0 aromatic heterocycles. The molecule has 0 radical (unpaired) electrons. The molecule has 0 rings (SSSR count). The fourth-order valence-electron chi connectivity index (χ4n) is 1.35. The lowest BCUT2D eigenvalue weighted by Crippen LogP contribution is -2.31. The third kappa shape index (κ3) is 3.88. The molecule has 0 saturated heterocycles. The lowest BCUT2D eigenvalue weighted by Gasteiger charge is -2.17. The van der Waals surface area contributed by atoms with Crippen LogP contribution in [-0.4, -0.2) is 26.2 Å². The quantitative estimate of drug-likeness (QED) is 0.407. The summed E-state index contributed by atoms with van der Waals surface area (Å²) in [6.45, 7) is 7.36. The van der Waals surface area contributed by atoms with Crippen molar-refractivity contribution >= 4 is 11.9 Å². The summed E-state index contributed by atoms with van der Waals surface area (Å²) in [6.07, 6.45) is 3.32. The number of methoxy groups -OCH3 is 2. The zero-order valence-electron chi connectivity index (χ0n) is 10.1. The van der Waals surface area contributed by atoms with Crippen LogP contribution in [0.3, 0.4) is 0 Å². The third-order valence-corrected chi connectivity index (χ3v) is 2.09. The van der Waals surface area contributed by atoms with Crippen LogP contribution in [0.5, 0.6) is 0 Å². The van der Waals surface area contributed by atoms with E-state index in [9.17, 15) is 9.59 Å². The second-order valence-corrected chi connectivity index (χ2v) is 3.58. The lowest BCUT2D eigenvalue weighted by atomic mass is 9.90. The number of hydrogen-bond acceptors (Lipinski definition) is 4. The Balaban J connectivity index is 5.13. The SMILES string of the molecule is C=C[C@H](C=C(C)C)C(C(=O)OC)C(=O)OC. The van der Waals surface area contributed by atoms with Crippen molar-refractivity contribution in [2.75, 3.05) is 14.2 Å². The topological polar surface area (TPSA) is 52.6 Å². The van der Waals surface area contributed by atoms with E-state index in [1.807, 2.05) is 13.8 Å². The van der Waals surface area contributed by atoms with Gasteiger partial charge in [0.25, 0.3) is 0 Å². The van der Waals surface area contributed by atoms with E-state index in [1.54, 1.807) is 6.08 Å². The highest BCUT2D eigenvalue weighted by Crippen LogP contribution is 2.19. The number of rotatable bonds is 5. The van der Waals surface area contributed by atoms with Gasteiger partial charge in [0, 0.05) is 5.92 Å². The van der Waals surface area contributed by atoms with Gasteiger partial charge >= 0.3 is 11.9 Å². The molecule has 0 saturated carbocycles. The van der Waals surface area contributed by atoms with Crippen LogP contribution >= 0.6 is 0 Å². The first-order valence-corrected chi connectivity index (χ1v) is 4.91. The van der Waals surface area contributed by atoms with Gasteiger partial charge in [-0.3, -0.25) is 9.59 Å². The van der Waals surface area contributed by atoms with E-state index in [1.165, 1.54) is 20.3 Å². The van der Waals surface area contributed by atoms with Gasteiger partial charge in [0.2, 0.25) is 0 Å². The molecule has 0 fully saturated rings. The van der Waals surface area contributed by atoms with Gasteiger partial charge in [-0.25, -0.2) is 0 Å². The van der Waals surface area contributed by atoms with Crippen molar-refractivity contribution in [2.24, 2.45) is 11.8 Å². The molecule has 0 spiro atoms. The summed E-state index contributed by atoms with van der Waals surface area (Å²) in [6, 6.07) is 0. The summed E-state index contributed by atoms with van der Waals surface area (Å²) in [5, 5.41) is 0. The van der Waals surface area contributed by atoms with Crippen molar-refractivity contribution < 1.29 is 19.1 Å². The van der Waals surface area contributed by atoms with Crippen molar-refractivity contribution in [2.45, 2.75) is 13.8 Å². The molecule has 0 heterocycles. The van der Waals surface area contributed by atoms with Crippen molar-refractivity contribution in [3.63, 3.8) is 0 Å². The minimum absolute atomic E-state index is 0.412. The van der Waals surface area contributed by atoms with Crippen LogP contribution in [0.1, 0.15) is 13.8 Å². The highest BCUT2D eigenvalue weighted by atomic mass is 16.5. The summed E-state index contributed by atoms with van der Waals surface area (Å²) >= 11 is 0. The maximum atomic E-state index is 11.5. The van der Waals surface area contributed by atoms with E-state index in [2.05, 4.69) is 16.1 Å². The first-order chi connectivity index (χ1) is 7.47. The molecule has 0 unspecified atom stereocenters. The molecule has 0 aliphatic rings. The van der Waals surface area contributed by atoms with E-state index in [0.717, 1.165) is 5.57 Å². The van der Waals surface area contributed by atoms with Crippen LogP contribution in [-0.2, 0) is 19.1 Å². The Labute approximate surface area is 95.9 Å². The van der Waals surface area contributed by atoms with E-state index >= 15 is 0 Å². The maximum absolute atomic E-state index is 11.5. The molecule has 4 nitrogen and oxygen atoms in total. The van der Waals surface area contributed by atoms with Crippen LogP contribution in [0.2, 0.25) is 0 Å². The van der Waals surface area contributed by atoms with Gasteiger partial charge in [-0.05, 0) is 13.8 Å². The first-order valence-electron chi connectivity index (χ1n) is 4.91. The molecule has 90 valence electrons. The Hall–Kier alpha value is -1.58. The van der Waals surface area contributed by atoms with Crippen LogP contribution < -0.4 is 0 Å². The van der Waals surface area contributed by atoms with Gasteiger partial charge in [0.15, 0.2) is 5.92 Å². The Kier molecular flexibility index (Phi) is 6.15. The fourth-order valence-corrected chi connectivity index (χ4v) is 1.35. The van der Waals surface area contributed by atoms with Gasteiger partial charge in [0.05, 0.1) is 14.2 Å². The molecule has 4 heteroatoms. The normalized spacial score (nSPS) is 11.6. The molecule has 0 aliphatic heterocycles.